The number of hydrogen-bond donors (Lipinski definition) is 1. The van der Waals surface area contributed by atoms with Crippen molar-refractivity contribution in [1.82, 2.24) is 20.1 Å². The van der Waals surface area contributed by atoms with Crippen molar-refractivity contribution in [3.05, 3.63) is 63.6 Å². The van der Waals surface area contributed by atoms with Crippen LogP contribution in [0.25, 0.3) is 21.7 Å². The lowest BCUT2D eigenvalue weighted by Gasteiger charge is -2.25. The maximum Gasteiger partial charge on any atom is 0.294 e. The van der Waals surface area contributed by atoms with Crippen LogP contribution in [0.15, 0.2) is 51.9 Å². The third-order valence-electron chi connectivity index (χ3n) is 5.25. The fraction of sp³-hybridized carbons (Fsp3) is 0.273. The number of morpholine rings is 1. The summed E-state index contributed by atoms with van der Waals surface area (Å²) in [4.78, 5) is 32.5. The number of nitrogens with zero attached hydrogens (tertiary/aromatic N) is 4. The molecule has 0 spiro atoms. The first-order valence-electron chi connectivity index (χ1n) is 10.4. The van der Waals surface area contributed by atoms with Crippen LogP contribution in [-0.4, -0.2) is 47.0 Å². The minimum absolute atomic E-state index is 0.248. The van der Waals surface area contributed by atoms with Gasteiger partial charge in [0.05, 0.1) is 24.2 Å². The van der Waals surface area contributed by atoms with Crippen LogP contribution in [0.4, 0.5) is 5.13 Å². The van der Waals surface area contributed by atoms with Crippen molar-refractivity contribution in [1.29, 1.82) is 0 Å². The van der Waals surface area contributed by atoms with Gasteiger partial charge >= 0.3 is 0 Å². The van der Waals surface area contributed by atoms with E-state index in [-0.39, 0.29) is 24.5 Å². The number of ether oxygens (including phenoxy) is 1. The highest BCUT2D eigenvalue weighted by molar-refractivity contribution is 7.22. The molecule has 9 nitrogen and oxygen atoms in total. The van der Waals surface area contributed by atoms with Gasteiger partial charge in [-0.25, -0.2) is 9.67 Å². The zero-order valence-corrected chi connectivity index (χ0v) is 19.1. The highest BCUT2D eigenvalue weighted by Gasteiger charge is 2.23. The van der Waals surface area contributed by atoms with Gasteiger partial charge in [0.1, 0.15) is 12.2 Å². The Hall–Kier alpha value is -3.21. The van der Waals surface area contributed by atoms with Crippen LogP contribution in [0.5, 0.6) is 0 Å². The maximum atomic E-state index is 13.2. The summed E-state index contributed by atoms with van der Waals surface area (Å²) in [5.74, 6) is 0.139. The Labute approximate surface area is 197 Å². The van der Waals surface area contributed by atoms with Crippen LogP contribution in [-0.2, 0) is 22.6 Å². The topological polar surface area (TPSA) is 102 Å². The summed E-state index contributed by atoms with van der Waals surface area (Å²) in [6.45, 7) is 2.60. The zero-order chi connectivity index (χ0) is 22.8. The van der Waals surface area contributed by atoms with Crippen molar-refractivity contribution in [2.24, 2.45) is 0 Å². The fourth-order valence-electron chi connectivity index (χ4n) is 3.55. The second kappa shape index (κ2) is 9.34. The molecule has 0 atom stereocenters. The van der Waals surface area contributed by atoms with Gasteiger partial charge in [-0.1, -0.05) is 41.1 Å². The third kappa shape index (κ3) is 4.50. The van der Waals surface area contributed by atoms with Crippen LogP contribution in [0, 0.1) is 0 Å². The van der Waals surface area contributed by atoms with Crippen molar-refractivity contribution >= 4 is 44.2 Å². The Morgan fingerprint density at radius 3 is 2.76 bits per heavy atom. The number of halogens is 1. The number of benzene rings is 1. The number of thiazole rings is 1. The average Bonchev–Trinajstić information content (AvgIpc) is 3.52. The average molecular weight is 486 g/mol. The molecule has 4 heterocycles. The lowest BCUT2D eigenvalue weighted by Crippen LogP contribution is -2.36. The van der Waals surface area contributed by atoms with Crippen LogP contribution < -0.4 is 15.8 Å². The molecule has 1 saturated heterocycles. The number of hydrogen-bond acceptors (Lipinski definition) is 8. The summed E-state index contributed by atoms with van der Waals surface area (Å²) in [6.07, 6.45) is 1.54. The number of carbonyl (C=O) groups excluding carboxylic acids is 1. The van der Waals surface area contributed by atoms with Crippen LogP contribution >= 0.6 is 22.9 Å². The van der Waals surface area contributed by atoms with Gasteiger partial charge in [-0.3, -0.25) is 9.59 Å². The predicted molar refractivity (Wildman–Crippen MR) is 126 cm³/mol. The van der Waals surface area contributed by atoms with E-state index in [0.717, 1.165) is 15.4 Å². The quantitative estimate of drug-likeness (QED) is 0.448. The van der Waals surface area contributed by atoms with Gasteiger partial charge in [-0.2, -0.15) is 5.10 Å². The number of rotatable bonds is 6. The fourth-order valence-corrected chi connectivity index (χ4v) is 4.85. The van der Waals surface area contributed by atoms with Crippen molar-refractivity contribution in [3.8, 4) is 11.5 Å². The maximum absolute atomic E-state index is 13.2. The molecular formula is C22H20ClN5O4S. The van der Waals surface area contributed by atoms with E-state index in [2.05, 4.69) is 20.3 Å². The normalized spacial score (nSPS) is 14.0. The van der Waals surface area contributed by atoms with E-state index >= 15 is 0 Å². The Bertz CT molecular complexity index is 1340. The van der Waals surface area contributed by atoms with E-state index in [1.54, 1.807) is 24.5 Å². The summed E-state index contributed by atoms with van der Waals surface area (Å²) in [7, 11) is 0. The van der Waals surface area contributed by atoms with Crippen LogP contribution in [0.2, 0.25) is 5.02 Å². The van der Waals surface area contributed by atoms with Gasteiger partial charge in [0.25, 0.3) is 5.56 Å². The standard InChI is InChI=1S/C22H20ClN5O4S/c23-15-5-2-1-4-14(15)12-24-17(29)13-28-21(30)19-20(18(26-28)16-6-3-9-32-16)33-22(25-19)27-7-10-31-11-8-27/h1-6,9H,7-8,10-13H2,(H,24,29). The number of carbonyl (C=O) groups is 1. The van der Waals surface area contributed by atoms with E-state index in [0.29, 0.717) is 47.5 Å². The number of aromatic nitrogens is 3. The molecule has 0 aliphatic carbocycles. The van der Waals surface area contributed by atoms with E-state index in [4.69, 9.17) is 20.8 Å². The first kappa shape index (κ1) is 21.6. The van der Waals surface area contributed by atoms with E-state index in [1.807, 2.05) is 18.2 Å². The summed E-state index contributed by atoms with van der Waals surface area (Å²) in [5, 5.41) is 8.54. The minimum Gasteiger partial charge on any atom is -0.463 e. The molecule has 0 unspecified atom stereocenters. The van der Waals surface area contributed by atoms with Crippen molar-refractivity contribution in [2.45, 2.75) is 13.1 Å². The Morgan fingerprint density at radius 1 is 1.18 bits per heavy atom. The molecule has 0 radical (unpaired) electrons. The van der Waals surface area contributed by atoms with Gasteiger partial charge in [-0.15, -0.1) is 0 Å². The van der Waals surface area contributed by atoms with Crippen LogP contribution in [0.1, 0.15) is 5.56 Å². The second-order valence-corrected chi connectivity index (χ2v) is 8.82. The molecule has 11 heteroatoms. The summed E-state index contributed by atoms with van der Waals surface area (Å²) >= 11 is 7.54. The minimum atomic E-state index is -0.427. The van der Waals surface area contributed by atoms with Crippen molar-refractivity contribution in [3.63, 3.8) is 0 Å². The predicted octanol–water partition coefficient (Wildman–Crippen LogP) is 2.92. The largest absolute Gasteiger partial charge is 0.463 e. The van der Waals surface area contributed by atoms with Crippen LogP contribution in [0.3, 0.4) is 0 Å². The molecule has 0 bridgehead atoms. The van der Waals surface area contributed by atoms with E-state index in [1.165, 1.54) is 11.3 Å². The highest BCUT2D eigenvalue weighted by Crippen LogP contribution is 2.34. The van der Waals surface area contributed by atoms with Gasteiger partial charge in [0.15, 0.2) is 16.4 Å². The number of nitrogens with one attached hydrogen (secondary N) is 1. The molecule has 1 aliphatic heterocycles. The molecule has 1 fully saturated rings. The molecule has 1 aromatic carbocycles. The van der Waals surface area contributed by atoms with Crippen molar-refractivity contribution < 1.29 is 13.9 Å². The van der Waals surface area contributed by atoms with Crippen molar-refractivity contribution in [2.75, 3.05) is 31.2 Å². The lowest BCUT2D eigenvalue weighted by atomic mass is 10.2. The van der Waals surface area contributed by atoms with Gasteiger partial charge in [0, 0.05) is 24.7 Å². The Balaban J connectivity index is 1.47. The molecule has 3 aromatic heterocycles. The molecule has 5 rings (SSSR count). The Morgan fingerprint density at radius 2 is 2.00 bits per heavy atom. The second-order valence-electron chi connectivity index (χ2n) is 7.43. The molecular weight excluding hydrogens is 466 g/mol. The zero-order valence-electron chi connectivity index (χ0n) is 17.5. The highest BCUT2D eigenvalue weighted by atomic mass is 35.5. The SMILES string of the molecule is O=C(Cn1nc(-c2ccco2)c2sc(N3CCOCC3)nc2c1=O)NCc1ccccc1Cl. The summed E-state index contributed by atoms with van der Waals surface area (Å²) in [6, 6.07) is 10.8. The third-order valence-corrected chi connectivity index (χ3v) is 6.74. The molecule has 0 saturated carbocycles. The number of furan rings is 1. The molecule has 1 amide bonds. The first-order valence-corrected chi connectivity index (χ1v) is 11.6. The summed E-state index contributed by atoms with van der Waals surface area (Å²) < 4.78 is 12.7. The number of amides is 1. The van der Waals surface area contributed by atoms with Gasteiger partial charge in [-0.05, 0) is 23.8 Å². The van der Waals surface area contributed by atoms with E-state index in [9.17, 15) is 9.59 Å². The Kier molecular flexibility index (Phi) is 6.12. The molecule has 1 N–H and O–H groups in total. The number of fused-ring (bicyclic) bond motifs is 1. The molecule has 1 aliphatic rings. The number of anilines is 1. The monoisotopic (exact) mass is 485 g/mol. The van der Waals surface area contributed by atoms with Gasteiger partial charge in [0.2, 0.25) is 5.91 Å². The first-order chi connectivity index (χ1) is 16.1. The van der Waals surface area contributed by atoms with Gasteiger partial charge < -0.3 is 19.4 Å². The smallest absolute Gasteiger partial charge is 0.294 e. The summed E-state index contributed by atoms with van der Waals surface area (Å²) in [5.41, 5.74) is 1.10. The van der Waals surface area contributed by atoms with E-state index < -0.39 is 5.56 Å². The lowest BCUT2D eigenvalue weighted by molar-refractivity contribution is -0.122. The molecule has 33 heavy (non-hydrogen) atoms. The molecule has 170 valence electrons. The molecule has 4 aromatic rings.